The molecule has 1 atom stereocenters. The number of para-hydroxylation sites is 2. The van der Waals surface area contributed by atoms with Gasteiger partial charge in [-0.2, -0.15) is 0 Å². The van der Waals surface area contributed by atoms with Crippen molar-refractivity contribution in [1.82, 2.24) is 20.2 Å². The Balaban J connectivity index is 1.69. The Hall–Kier alpha value is -3.32. The molecule has 1 unspecified atom stereocenters. The van der Waals surface area contributed by atoms with Crippen molar-refractivity contribution in [2.75, 3.05) is 13.7 Å². The molecule has 0 spiro atoms. The summed E-state index contributed by atoms with van der Waals surface area (Å²) in [6.07, 6.45) is 1.35. The molecule has 2 N–H and O–H groups in total. The zero-order chi connectivity index (χ0) is 19.2. The van der Waals surface area contributed by atoms with Crippen molar-refractivity contribution in [3.8, 4) is 0 Å². The minimum atomic E-state index is -1.06. The second-order valence-corrected chi connectivity index (χ2v) is 6.13. The SMILES string of the molecule is CN(Cc1ccccc1)C(=O)C(CO)NC(=O)c1cnc2ccccc2n1. The fourth-order valence-corrected chi connectivity index (χ4v) is 2.69. The normalized spacial score (nSPS) is 11.8. The van der Waals surface area contributed by atoms with E-state index in [-0.39, 0.29) is 11.6 Å². The third-order valence-electron chi connectivity index (χ3n) is 4.11. The molecule has 0 aliphatic rings. The molecule has 0 aliphatic heterocycles. The first-order valence-electron chi connectivity index (χ1n) is 8.51. The van der Waals surface area contributed by atoms with Crippen LogP contribution in [0.25, 0.3) is 11.0 Å². The Bertz CT molecular complexity index is 946. The number of amides is 2. The first-order chi connectivity index (χ1) is 13.1. The lowest BCUT2D eigenvalue weighted by molar-refractivity contribution is -0.133. The number of rotatable bonds is 6. The molecule has 2 aromatic carbocycles. The maximum atomic E-state index is 12.6. The number of nitrogens with one attached hydrogen (secondary N) is 1. The lowest BCUT2D eigenvalue weighted by atomic mass is 10.2. The third-order valence-corrected chi connectivity index (χ3v) is 4.11. The number of aromatic nitrogens is 2. The zero-order valence-electron chi connectivity index (χ0n) is 14.9. The summed E-state index contributed by atoms with van der Waals surface area (Å²) in [6, 6.07) is 15.6. The van der Waals surface area contributed by atoms with Crippen LogP contribution in [0.15, 0.2) is 60.8 Å². The molecule has 1 aromatic heterocycles. The topological polar surface area (TPSA) is 95.4 Å². The molecule has 0 aliphatic carbocycles. The van der Waals surface area contributed by atoms with E-state index in [1.807, 2.05) is 36.4 Å². The Morgan fingerprint density at radius 2 is 1.74 bits per heavy atom. The number of aliphatic hydroxyl groups excluding tert-OH is 1. The van der Waals surface area contributed by atoms with Gasteiger partial charge < -0.3 is 15.3 Å². The summed E-state index contributed by atoms with van der Waals surface area (Å²) in [7, 11) is 1.62. The second-order valence-electron chi connectivity index (χ2n) is 6.13. The molecule has 0 saturated heterocycles. The summed E-state index contributed by atoms with van der Waals surface area (Å²) in [4.78, 5) is 34.9. The van der Waals surface area contributed by atoms with Gasteiger partial charge in [-0.15, -0.1) is 0 Å². The number of carbonyl (C=O) groups excluding carboxylic acids is 2. The molecule has 3 rings (SSSR count). The molecule has 0 bridgehead atoms. The van der Waals surface area contributed by atoms with Gasteiger partial charge in [-0.3, -0.25) is 14.6 Å². The van der Waals surface area contributed by atoms with Crippen LogP contribution in [0.4, 0.5) is 0 Å². The van der Waals surface area contributed by atoms with Gasteiger partial charge in [-0.25, -0.2) is 4.98 Å². The quantitative estimate of drug-likeness (QED) is 0.689. The number of aliphatic hydroxyl groups is 1. The first-order valence-corrected chi connectivity index (χ1v) is 8.51. The highest BCUT2D eigenvalue weighted by atomic mass is 16.3. The highest BCUT2D eigenvalue weighted by Crippen LogP contribution is 2.09. The predicted molar refractivity (Wildman–Crippen MR) is 101 cm³/mol. The number of hydrogen-bond donors (Lipinski definition) is 2. The maximum absolute atomic E-state index is 12.6. The Kier molecular flexibility index (Phi) is 5.73. The predicted octanol–water partition coefficient (Wildman–Crippen LogP) is 1.38. The van der Waals surface area contributed by atoms with E-state index in [0.717, 1.165) is 5.56 Å². The summed E-state index contributed by atoms with van der Waals surface area (Å²) in [6.45, 7) is -0.132. The summed E-state index contributed by atoms with van der Waals surface area (Å²) in [5.41, 5.74) is 2.30. The number of likely N-dealkylation sites (N-methyl/N-ethyl adjacent to an activating group) is 1. The average Bonchev–Trinajstić information content (AvgIpc) is 2.71. The van der Waals surface area contributed by atoms with Crippen molar-refractivity contribution < 1.29 is 14.7 Å². The number of benzene rings is 2. The summed E-state index contributed by atoms with van der Waals surface area (Å²) in [5, 5.41) is 12.1. The minimum Gasteiger partial charge on any atom is -0.394 e. The minimum absolute atomic E-state index is 0.0886. The van der Waals surface area contributed by atoms with Crippen molar-refractivity contribution in [2.24, 2.45) is 0 Å². The molecule has 1 heterocycles. The van der Waals surface area contributed by atoms with Crippen LogP contribution in [0.2, 0.25) is 0 Å². The van der Waals surface area contributed by atoms with Crippen LogP contribution in [-0.4, -0.2) is 51.5 Å². The molecule has 0 fully saturated rings. The van der Waals surface area contributed by atoms with E-state index in [1.165, 1.54) is 11.1 Å². The molecule has 7 heteroatoms. The lowest BCUT2D eigenvalue weighted by Crippen LogP contribution is -2.49. The monoisotopic (exact) mass is 364 g/mol. The molecular formula is C20H20N4O3. The average molecular weight is 364 g/mol. The van der Waals surface area contributed by atoms with Crippen molar-refractivity contribution in [1.29, 1.82) is 0 Å². The summed E-state index contributed by atoms with van der Waals surface area (Å²) < 4.78 is 0. The summed E-state index contributed by atoms with van der Waals surface area (Å²) >= 11 is 0. The van der Waals surface area contributed by atoms with Crippen LogP contribution in [0.3, 0.4) is 0 Å². The Morgan fingerprint density at radius 3 is 2.44 bits per heavy atom. The van der Waals surface area contributed by atoms with E-state index in [9.17, 15) is 14.7 Å². The van der Waals surface area contributed by atoms with Crippen LogP contribution in [-0.2, 0) is 11.3 Å². The molecule has 138 valence electrons. The van der Waals surface area contributed by atoms with E-state index in [0.29, 0.717) is 17.6 Å². The number of fused-ring (bicyclic) bond motifs is 1. The molecule has 3 aromatic rings. The molecule has 0 saturated carbocycles. The van der Waals surface area contributed by atoms with Gasteiger partial charge in [0.1, 0.15) is 11.7 Å². The van der Waals surface area contributed by atoms with Gasteiger partial charge in [0.25, 0.3) is 5.91 Å². The fraction of sp³-hybridized carbons (Fsp3) is 0.200. The zero-order valence-corrected chi connectivity index (χ0v) is 14.9. The van der Waals surface area contributed by atoms with Crippen LogP contribution >= 0.6 is 0 Å². The standard InChI is InChI=1S/C20H20N4O3/c1-24(12-14-7-3-2-4-8-14)20(27)18(13-25)23-19(26)17-11-21-15-9-5-6-10-16(15)22-17/h2-11,18,25H,12-13H2,1H3,(H,23,26). The molecule has 0 radical (unpaired) electrons. The van der Waals surface area contributed by atoms with Crippen molar-refractivity contribution in [2.45, 2.75) is 12.6 Å². The van der Waals surface area contributed by atoms with Gasteiger partial charge in [-0.05, 0) is 17.7 Å². The van der Waals surface area contributed by atoms with Crippen LogP contribution in [0, 0.1) is 0 Å². The number of nitrogens with zero attached hydrogens (tertiary/aromatic N) is 3. The first kappa shape index (κ1) is 18.5. The molecule has 2 amide bonds. The fourth-order valence-electron chi connectivity index (χ4n) is 2.69. The van der Waals surface area contributed by atoms with E-state index in [1.54, 1.807) is 25.2 Å². The molecule has 7 nitrogen and oxygen atoms in total. The second kappa shape index (κ2) is 8.37. The van der Waals surface area contributed by atoms with E-state index in [4.69, 9.17) is 0 Å². The van der Waals surface area contributed by atoms with Crippen LogP contribution in [0.5, 0.6) is 0 Å². The highest BCUT2D eigenvalue weighted by molar-refractivity contribution is 5.97. The van der Waals surface area contributed by atoms with Crippen LogP contribution < -0.4 is 5.32 Å². The third kappa shape index (κ3) is 4.45. The maximum Gasteiger partial charge on any atom is 0.272 e. The highest BCUT2D eigenvalue weighted by Gasteiger charge is 2.24. The van der Waals surface area contributed by atoms with Gasteiger partial charge in [0, 0.05) is 13.6 Å². The van der Waals surface area contributed by atoms with Gasteiger partial charge >= 0.3 is 0 Å². The smallest absolute Gasteiger partial charge is 0.272 e. The largest absolute Gasteiger partial charge is 0.394 e. The van der Waals surface area contributed by atoms with Gasteiger partial charge in [-0.1, -0.05) is 42.5 Å². The van der Waals surface area contributed by atoms with Gasteiger partial charge in [0.05, 0.1) is 23.8 Å². The van der Waals surface area contributed by atoms with Crippen molar-refractivity contribution in [3.63, 3.8) is 0 Å². The van der Waals surface area contributed by atoms with E-state index < -0.39 is 18.6 Å². The number of carbonyl (C=O) groups is 2. The molecule has 27 heavy (non-hydrogen) atoms. The Morgan fingerprint density at radius 1 is 1.07 bits per heavy atom. The van der Waals surface area contributed by atoms with Crippen LogP contribution in [0.1, 0.15) is 16.1 Å². The van der Waals surface area contributed by atoms with E-state index >= 15 is 0 Å². The van der Waals surface area contributed by atoms with Gasteiger partial charge in [0.2, 0.25) is 5.91 Å². The summed E-state index contributed by atoms with van der Waals surface area (Å²) in [5.74, 6) is -0.947. The van der Waals surface area contributed by atoms with Crippen molar-refractivity contribution >= 4 is 22.8 Å². The lowest BCUT2D eigenvalue weighted by Gasteiger charge is -2.23. The van der Waals surface area contributed by atoms with E-state index in [2.05, 4.69) is 15.3 Å². The van der Waals surface area contributed by atoms with Crippen molar-refractivity contribution in [3.05, 3.63) is 72.1 Å². The Labute approximate surface area is 156 Å². The number of hydrogen-bond acceptors (Lipinski definition) is 5. The molecular weight excluding hydrogens is 344 g/mol. The van der Waals surface area contributed by atoms with Gasteiger partial charge in [0.15, 0.2) is 0 Å².